The number of rotatable bonds is 8. The fourth-order valence-corrected chi connectivity index (χ4v) is 2.86. The Morgan fingerprint density at radius 2 is 1.85 bits per heavy atom. The van der Waals surface area contributed by atoms with Crippen molar-refractivity contribution in [1.82, 2.24) is 4.98 Å². The maximum absolute atomic E-state index is 12.2. The fraction of sp³-hybridized carbons (Fsp3) is 0.300. The number of amides is 1. The molecule has 0 unspecified atom stereocenters. The highest BCUT2D eigenvalue weighted by Crippen LogP contribution is 2.18. The summed E-state index contributed by atoms with van der Waals surface area (Å²) in [5.74, 6) is -0.706. The number of Topliss-reactive ketones (excluding diaryl/α,β-unsaturated/α-hetero) is 1. The molecule has 6 nitrogen and oxygen atoms in total. The third kappa shape index (κ3) is 6.21. The lowest BCUT2D eigenvalue weighted by molar-refractivity contribution is -0.116. The second-order valence-electron chi connectivity index (χ2n) is 6.28. The highest BCUT2D eigenvalue weighted by molar-refractivity contribution is 7.98. The number of carbonyl (C=O) groups is 3. The van der Waals surface area contributed by atoms with Crippen molar-refractivity contribution in [3.8, 4) is 0 Å². The normalized spacial score (nSPS) is 10.5. The van der Waals surface area contributed by atoms with Crippen molar-refractivity contribution in [3.05, 3.63) is 53.7 Å². The Balaban J connectivity index is 1.92. The summed E-state index contributed by atoms with van der Waals surface area (Å²) >= 11 is 1.33. The quantitative estimate of drug-likeness (QED) is 0.422. The van der Waals surface area contributed by atoms with Gasteiger partial charge in [0.15, 0.2) is 12.4 Å². The van der Waals surface area contributed by atoms with Gasteiger partial charge in [-0.1, -0.05) is 13.8 Å². The molecule has 0 saturated heterocycles. The van der Waals surface area contributed by atoms with Crippen LogP contribution >= 0.6 is 11.8 Å². The first-order chi connectivity index (χ1) is 12.9. The van der Waals surface area contributed by atoms with Gasteiger partial charge in [-0.3, -0.25) is 9.59 Å². The van der Waals surface area contributed by atoms with E-state index >= 15 is 0 Å². The van der Waals surface area contributed by atoms with Gasteiger partial charge in [-0.15, -0.1) is 11.8 Å². The number of carbonyl (C=O) groups excluding carboxylic acids is 3. The summed E-state index contributed by atoms with van der Waals surface area (Å²) < 4.78 is 5.11. The average molecular weight is 386 g/mol. The third-order valence-corrected chi connectivity index (χ3v) is 4.32. The number of anilines is 1. The van der Waals surface area contributed by atoms with Crippen molar-refractivity contribution in [2.24, 2.45) is 5.92 Å². The third-order valence-electron chi connectivity index (χ3n) is 3.60. The largest absolute Gasteiger partial charge is 0.454 e. The topological polar surface area (TPSA) is 85.4 Å². The molecule has 0 saturated carbocycles. The van der Waals surface area contributed by atoms with E-state index in [4.69, 9.17) is 4.74 Å². The standard InChI is InChI=1S/C20H22N2O4S/c1-13(2)11-18(24)22-15-8-6-14(7-9-15)17(23)12-26-20(25)16-5-4-10-21-19(16)27-3/h4-10,13H,11-12H2,1-3H3,(H,22,24). The molecule has 27 heavy (non-hydrogen) atoms. The fourth-order valence-electron chi connectivity index (χ4n) is 2.32. The van der Waals surface area contributed by atoms with Gasteiger partial charge in [0.1, 0.15) is 5.03 Å². The summed E-state index contributed by atoms with van der Waals surface area (Å²) in [7, 11) is 0. The molecule has 2 aromatic rings. The van der Waals surface area contributed by atoms with Crippen LogP contribution in [0.5, 0.6) is 0 Å². The highest BCUT2D eigenvalue weighted by atomic mass is 32.2. The minimum atomic E-state index is -0.585. The van der Waals surface area contributed by atoms with Crippen LogP contribution in [0.1, 0.15) is 41.0 Å². The first-order valence-corrected chi connectivity index (χ1v) is 9.72. The Kier molecular flexibility index (Phi) is 7.55. The number of hydrogen-bond acceptors (Lipinski definition) is 6. The maximum atomic E-state index is 12.2. The number of nitrogens with one attached hydrogen (secondary N) is 1. The Morgan fingerprint density at radius 1 is 1.15 bits per heavy atom. The van der Waals surface area contributed by atoms with Gasteiger partial charge >= 0.3 is 5.97 Å². The van der Waals surface area contributed by atoms with E-state index in [1.54, 1.807) is 42.6 Å². The minimum Gasteiger partial charge on any atom is -0.454 e. The molecule has 0 aliphatic rings. The van der Waals surface area contributed by atoms with Crippen LogP contribution in [0.25, 0.3) is 0 Å². The molecule has 142 valence electrons. The van der Waals surface area contributed by atoms with E-state index in [0.717, 1.165) is 0 Å². The minimum absolute atomic E-state index is 0.0703. The van der Waals surface area contributed by atoms with E-state index in [2.05, 4.69) is 10.3 Å². The second-order valence-corrected chi connectivity index (χ2v) is 7.08. The Hall–Kier alpha value is -2.67. The van der Waals surface area contributed by atoms with Gasteiger partial charge in [-0.05, 0) is 48.6 Å². The lowest BCUT2D eigenvalue weighted by Gasteiger charge is -2.09. The van der Waals surface area contributed by atoms with Gasteiger partial charge in [-0.2, -0.15) is 0 Å². The van der Waals surface area contributed by atoms with Crippen molar-refractivity contribution in [2.45, 2.75) is 25.3 Å². The van der Waals surface area contributed by atoms with Gasteiger partial charge in [0.25, 0.3) is 0 Å². The van der Waals surface area contributed by atoms with Crippen molar-refractivity contribution < 1.29 is 19.1 Å². The van der Waals surface area contributed by atoms with Crippen LogP contribution in [-0.2, 0) is 9.53 Å². The lowest BCUT2D eigenvalue weighted by atomic mass is 10.1. The van der Waals surface area contributed by atoms with Crippen LogP contribution in [0.15, 0.2) is 47.6 Å². The van der Waals surface area contributed by atoms with Crippen LogP contribution in [0.2, 0.25) is 0 Å². The number of ether oxygens (including phenoxy) is 1. The van der Waals surface area contributed by atoms with Crippen LogP contribution < -0.4 is 5.32 Å². The summed E-state index contributed by atoms with van der Waals surface area (Å²) in [6.45, 7) is 3.58. The summed E-state index contributed by atoms with van der Waals surface area (Å²) in [6.07, 6.45) is 3.84. The maximum Gasteiger partial charge on any atom is 0.341 e. The summed E-state index contributed by atoms with van der Waals surface area (Å²) in [4.78, 5) is 40.2. The summed E-state index contributed by atoms with van der Waals surface area (Å²) in [5, 5.41) is 3.33. The van der Waals surface area contributed by atoms with Gasteiger partial charge in [0, 0.05) is 23.9 Å². The van der Waals surface area contributed by atoms with Crippen LogP contribution in [0.4, 0.5) is 5.69 Å². The molecular formula is C20H22N2O4S. The smallest absolute Gasteiger partial charge is 0.341 e. The summed E-state index contributed by atoms with van der Waals surface area (Å²) in [5.41, 5.74) is 1.36. The SMILES string of the molecule is CSc1ncccc1C(=O)OCC(=O)c1ccc(NC(=O)CC(C)C)cc1. The van der Waals surface area contributed by atoms with E-state index in [1.807, 2.05) is 20.1 Å². The molecule has 1 N–H and O–H groups in total. The number of benzene rings is 1. The molecule has 0 bridgehead atoms. The molecule has 0 fully saturated rings. The highest BCUT2D eigenvalue weighted by Gasteiger charge is 2.15. The van der Waals surface area contributed by atoms with E-state index in [0.29, 0.717) is 28.3 Å². The molecule has 7 heteroatoms. The zero-order chi connectivity index (χ0) is 19.8. The van der Waals surface area contributed by atoms with Gasteiger partial charge in [0.2, 0.25) is 5.91 Å². The van der Waals surface area contributed by atoms with E-state index in [-0.39, 0.29) is 24.2 Å². The number of aromatic nitrogens is 1. The van der Waals surface area contributed by atoms with Crippen molar-refractivity contribution in [1.29, 1.82) is 0 Å². The molecule has 0 spiro atoms. The molecular weight excluding hydrogens is 364 g/mol. The molecule has 0 aliphatic heterocycles. The molecule has 0 atom stereocenters. The van der Waals surface area contributed by atoms with E-state index < -0.39 is 5.97 Å². The monoisotopic (exact) mass is 386 g/mol. The average Bonchev–Trinajstić information content (AvgIpc) is 2.65. The Morgan fingerprint density at radius 3 is 2.48 bits per heavy atom. The van der Waals surface area contributed by atoms with Crippen molar-refractivity contribution >= 4 is 35.1 Å². The number of pyridine rings is 1. The zero-order valence-electron chi connectivity index (χ0n) is 15.5. The zero-order valence-corrected chi connectivity index (χ0v) is 16.3. The molecule has 1 aromatic carbocycles. The van der Waals surface area contributed by atoms with Crippen LogP contribution in [0, 0.1) is 5.92 Å². The molecule has 0 aliphatic carbocycles. The second kappa shape index (κ2) is 9.87. The van der Waals surface area contributed by atoms with Gasteiger partial charge in [0.05, 0.1) is 5.56 Å². The Labute approximate surface area is 162 Å². The number of ketones is 1. The van der Waals surface area contributed by atoms with Crippen LogP contribution in [-0.4, -0.2) is 35.5 Å². The number of esters is 1. The van der Waals surface area contributed by atoms with Gasteiger partial charge < -0.3 is 10.1 Å². The molecule has 1 aromatic heterocycles. The lowest BCUT2D eigenvalue weighted by Crippen LogP contribution is -2.16. The summed E-state index contributed by atoms with van der Waals surface area (Å²) in [6, 6.07) is 9.75. The number of thioether (sulfide) groups is 1. The van der Waals surface area contributed by atoms with E-state index in [9.17, 15) is 14.4 Å². The molecule has 2 rings (SSSR count). The number of hydrogen-bond donors (Lipinski definition) is 1. The predicted octanol–water partition coefficient (Wildman–Crippen LogP) is 3.83. The molecule has 1 heterocycles. The predicted molar refractivity (Wildman–Crippen MR) is 105 cm³/mol. The number of nitrogens with zero attached hydrogens (tertiary/aromatic N) is 1. The van der Waals surface area contributed by atoms with Crippen molar-refractivity contribution in [2.75, 3.05) is 18.2 Å². The molecule has 0 radical (unpaired) electrons. The van der Waals surface area contributed by atoms with Crippen molar-refractivity contribution in [3.63, 3.8) is 0 Å². The van der Waals surface area contributed by atoms with Crippen LogP contribution in [0.3, 0.4) is 0 Å². The van der Waals surface area contributed by atoms with Gasteiger partial charge in [-0.25, -0.2) is 9.78 Å². The first kappa shape index (κ1) is 20.6. The molecule has 1 amide bonds. The first-order valence-electron chi connectivity index (χ1n) is 8.50. The Bertz CT molecular complexity index is 819. The van der Waals surface area contributed by atoms with E-state index in [1.165, 1.54) is 11.8 Å².